The van der Waals surface area contributed by atoms with Crippen LogP contribution in [0.25, 0.3) is 22.3 Å². The second kappa shape index (κ2) is 9.47. The number of alkyl halides is 6. The molecule has 4 aliphatic rings. The van der Waals surface area contributed by atoms with Gasteiger partial charge in [-0.2, -0.15) is 26.3 Å². The van der Waals surface area contributed by atoms with Crippen LogP contribution in [0.15, 0.2) is 87.7 Å². The molecule has 2 heterocycles. The Morgan fingerprint density at radius 2 is 1.29 bits per heavy atom. The van der Waals surface area contributed by atoms with Crippen molar-refractivity contribution in [1.29, 1.82) is 0 Å². The van der Waals surface area contributed by atoms with E-state index in [0.29, 0.717) is 11.3 Å². The molecule has 3 aromatic rings. The van der Waals surface area contributed by atoms with Crippen LogP contribution in [0.1, 0.15) is 38.3 Å². The average molecular weight is 669 g/mol. The molecule has 2 atom stereocenters. The molecule has 7 rings (SSSR count). The smallest absolute Gasteiger partial charge is 0.380 e. The molecule has 3 aromatic carbocycles. The Kier molecular flexibility index (Phi) is 6.61. The molecule has 0 aromatic heterocycles. The fraction of sp³-hybridized carbons (Fsp3) is 0.312. The number of hydrogen-bond acceptors (Lipinski definition) is 5. The minimum atomic E-state index is -5.98. The van der Waals surface area contributed by atoms with Crippen molar-refractivity contribution in [1.82, 2.24) is 0 Å². The van der Waals surface area contributed by atoms with Crippen molar-refractivity contribution in [2.24, 2.45) is 0 Å². The summed E-state index contributed by atoms with van der Waals surface area (Å²) in [4.78, 5) is -1.19. The highest BCUT2D eigenvalue weighted by molar-refractivity contribution is 7.98. The predicted molar refractivity (Wildman–Crippen MR) is 156 cm³/mol. The van der Waals surface area contributed by atoms with Gasteiger partial charge in [-0.15, -0.1) is 0 Å². The van der Waals surface area contributed by atoms with Gasteiger partial charge in [0.05, 0.1) is 16.9 Å². The second-order valence-corrected chi connectivity index (χ2v) is 15.0. The molecule has 0 spiro atoms. The first-order valence-electron chi connectivity index (χ1n) is 14.0. The largest absolute Gasteiger partial charge is 0.497 e. The van der Waals surface area contributed by atoms with Gasteiger partial charge < -0.3 is 4.74 Å². The fourth-order valence-corrected chi connectivity index (χ4v) is 12.7. The van der Waals surface area contributed by atoms with Gasteiger partial charge in [-0.1, -0.05) is 63.2 Å². The Hall–Kier alpha value is -3.58. The van der Waals surface area contributed by atoms with Crippen LogP contribution in [0.4, 0.5) is 26.3 Å². The quantitative estimate of drug-likeness (QED) is 0.269. The fourth-order valence-electron chi connectivity index (χ4n) is 7.16. The van der Waals surface area contributed by atoms with Crippen LogP contribution < -0.4 is 4.74 Å². The van der Waals surface area contributed by atoms with Gasteiger partial charge in [0.2, 0.25) is 0 Å². The number of halogens is 6. The number of allylic oxidation sites excluding steroid dienone is 2. The third-order valence-electron chi connectivity index (χ3n) is 9.06. The monoisotopic (exact) mass is 668 g/mol. The van der Waals surface area contributed by atoms with E-state index in [1.54, 1.807) is 24.3 Å². The zero-order valence-corrected chi connectivity index (χ0v) is 25.9. The molecular formula is C32H26F6O5S2. The number of fused-ring (bicyclic) bond motifs is 8. The van der Waals surface area contributed by atoms with Gasteiger partial charge in [-0.25, -0.2) is 16.8 Å². The highest BCUT2D eigenvalue weighted by Gasteiger charge is 2.85. The van der Waals surface area contributed by atoms with Crippen LogP contribution >= 0.6 is 0 Å². The molecule has 45 heavy (non-hydrogen) atoms. The summed E-state index contributed by atoms with van der Waals surface area (Å²) in [5, 5.41) is -2.37. The maximum absolute atomic E-state index is 15.8. The lowest BCUT2D eigenvalue weighted by molar-refractivity contribution is -0.257. The lowest BCUT2D eigenvalue weighted by Gasteiger charge is -2.40. The molecule has 238 valence electrons. The molecule has 0 amide bonds. The van der Waals surface area contributed by atoms with Crippen molar-refractivity contribution < 1.29 is 47.9 Å². The topological polar surface area (TPSA) is 77.5 Å². The number of hydrogen-bond donors (Lipinski definition) is 0. The van der Waals surface area contributed by atoms with Crippen molar-refractivity contribution in [3.63, 3.8) is 0 Å². The molecular weight excluding hydrogens is 642 g/mol. The molecule has 1 fully saturated rings. The van der Waals surface area contributed by atoms with E-state index in [1.807, 2.05) is 13.8 Å². The van der Waals surface area contributed by atoms with Crippen molar-refractivity contribution in [3.05, 3.63) is 89.0 Å². The van der Waals surface area contributed by atoms with E-state index in [-0.39, 0.29) is 5.56 Å². The minimum Gasteiger partial charge on any atom is -0.497 e. The summed E-state index contributed by atoms with van der Waals surface area (Å²) in [5.41, 5.74) is -5.96. The Labute approximate surface area is 256 Å². The molecule has 1 saturated carbocycles. The van der Waals surface area contributed by atoms with E-state index in [9.17, 15) is 16.8 Å². The third kappa shape index (κ3) is 3.40. The van der Waals surface area contributed by atoms with Crippen LogP contribution in [0, 0.1) is 0 Å². The highest BCUT2D eigenvalue weighted by atomic mass is 32.2. The first-order valence-corrected chi connectivity index (χ1v) is 17.1. The molecule has 5 nitrogen and oxygen atoms in total. The van der Waals surface area contributed by atoms with Crippen LogP contribution in [0.2, 0.25) is 0 Å². The Balaban J connectivity index is 0.00000175. The molecule has 0 bridgehead atoms. The normalized spacial score (nSPS) is 26.6. The lowest BCUT2D eigenvalue weighted by Crippen LogP contribution is -2.52. The van der Waals surface area contributed by atoms with Crippen LogP contribution in [-0.4, -0.2) is 51.7 Å². The first-order chi connectivity index (χ1) is 21.0. The summed E-state index contributed by atoms with van der Waals surface area (Å²) >= 11 is 0. The number of benzene rings is 3. The lowest BCUT2D eigenvalue weighted by atomic mass is 9.72. The van der Waals surface area contributed by atoms with Gasteiger partial charge >= 0.3 is 17.8 Å². The van der Waals surface area contributed by atoms with Gasteiger partial charge in [-0.05, 0) is 64.1 Å². The maximum Gasteiger partial charge on any atom is 0.380 e. The molecule has 0 radical (unpaired) electrons. The van der Waals surface area contributed by atoms with Gasteiger partial charge in [0.25, 0.3) is 0 Å². The minimum absolute atomic E-state index is 0.278. The molecule has 2 aliphatic heterocycles. The number of sulfone groups is 2. The van der Waals surface area contributed by atoms with Crippen LogP contribution in [0.3, 0.4) is 0 Å². The van der Waals surface area contributed by atoms with Crippen molar-refractivity contribution in [3.8, 4) is 16.9 Å². The summed E-state index contributed by atoms with van der Waals surface area (Å²) in [6.45, 7) is 5.22. The summed E-state index contributed by atoms with van der Waals surface area (Å²) < 4.78 is 153. The van der Waals surface area contributed by atoms with Crippen molar-refractivity contribution in [2.45, 2.75) is 64.7 Å². The van der Waals surface area contributed by atoms with E-state index >= 15 is 26.3 Å². The Morgan fingerprint density at radius 3 is 1.89 bits per heavy atom. The standard InChI is InChI=1S/C30H20F6O5S2.C2H6/c1-3-27-23(19-13-10-16(14-21(19)43(27,39)40)15-8-11-17(41-2)12-9-15)25-24(28(31,32)30(35,36)29(25,33)34)22-18-6-4-5-7-20(18)42(37,38)26(22)27;1-2/h4-14,26H,3H2,1-2H3;1-2H3. The number of ether oxygens (including phenoxy) is 1. The SMILES string of the molecule is CC.CCC12C(=C3C(=C4c5ccccc5S(=O)(=O)C41)C(F)(F)C(F)(F)C3(F)F)c1ccc(-c3ccc(OC)cc3)cc1S2(=O)=O. The van der Waals surface area contributed by atoms with Gasteiger partial charge in [0, 0.05) is 11.1 Å². The van der Waals surface area contributed by atoms with Crippen molar-refractivity contribution >= 4 is 30.8 Å². The van der Waals surface area contributed by atoms with Gasteiger partial charge in [0.1, 0.15) is 15.7 Å². The summed E-state index contributed by atoms with van der Waals surface area (Å²) in [7, 11) is -8.41. The van der Waals surface area contributed by atoms with Crippen molar-refractivity contribution in [2.75, 3.05) is 7.11 Å². The zero-order chi connectivity index (χ0) is 33.1. The zero-order valence-electron chi connectivity index (χ0n) is 24.3. The van der Waals surface area contributed by atoms with Crippen LogP contribution in [-0.2, 0) is 19.7 Å². The van der Waals surface area contributed by atoms with E-state index in [2.05, 4.69) is 0 Å². The maximum atomic E-state index is 15.8. The number of rotatable bonds is 3. The van der Waals surface area contributed by atoms with E-state index < -0.39 is 97.1 Å². The van der Waals surface area contributed by atoms with E-state index in [4.69, 9.17) is 4.74 Å². The molecule has 2 aliphatic carbocycles. The molecule has 13 heteroatoms. The predicted octanol–water partition coefficient (Wildman–Crippen LogP) is 7.62. The summed E-state index contributed by atoms with van der Waals surface area (Å²) in [5.74, 6) is -16.5. The highest BCUT2D eigenvalue weighted by Crippen LogP contribution is 2.73. The average Bonchev–Trinajstić information content (AvgIpc) is 3.42. The second-order valence-electron chi connectivity index (χ2n) is 10.9. The Bertz CT molecular complexity index is 2070. The number of methoxy groups -OCH3 is 1. The summed E-state index contributed by atoms with van der Waals surface area (Å²) in [6, 6.07) is 14.5. The molecule has 2 unspecified atom stereocenters. The van der Waals surface area contributed by atoms with E-state index in [1.165, 1.54) is 32.2 Å². The molecule has 0 N–H and O–H groups in total. The van der Waals surface area contributed by atoms with Gasteiger partial charge in [0.15, 0.2) is 19.7 Å². The van der Waals surface area contributed by atoms with Crippen LogP contribution in [0.5, 0.6) is 5.75 Å². The van der Waals surface area contributed by atoms with Gasteiger partial charge in [-0.3, -0.25) is 0 Å². The third-order valence-corrected chi connectivity index (χ3v) is 14.0. The van der Waals surface area contributed by atoms with E-state index in [0.717, 1.165) is 24.3 Å². The first kappa shape index (κ1) is 31.4. The molecule has 0 saturated heterocycles. The summed E-state index contributed by atoms with van der Waals surface area (Å²) in [6.07, 6.45) is -0.678. The Morgan fingerprint density at radius 1 is 0.711 bits per heavy atom.